The molecule has 2 fully saturated rings. The van der Waals surface area contributed by atoms with Crippen molar-refractivity contribution in [2.75, 3.05) is 18.0 Å². The molecule has 2 aliphatic rings. The highest BCUT2D eigenvalue weighted by Crippen LogP contribution is 2.31. The molecule has 1 aliphatic carbocycles. The van der Waals surface area contributed by atoms with Gasteiger partial charge in [0.2, 0.25) is 5.95 Å². The van der Waals surface area contributed by atoms with Crippen molar-refractivity contribution < 1.29 is 0 Å². The van der Waals surface area contributed by atoms with E-state index in [9.17, 15) is 0 Å². The summed E-state index contributed by atoms with van der Waals surface area (Å²) in [5.41, 5.74) is 0.912. The Bertz CT molecular complexity index is 630. The van der Waals surface area contributed by atoms with Gasteiger partial charge in [-0.05, 0) is 60.3 Å². The van der Waals surface area contributed by atoms with Gasteiger partial charge in [0.1, 0.15) is 0 Å². The first kappa shape index (κ1) is 13.5. The van der Waals surface area contributed by atoms with Gasteiger partial charge in [-0.1, -0.05) is 6.42 Å². The van der Waals surface area contributed by atoms with Crippen LogP contribution in [0.3, 0.4) is 0 Å². The molecular formula is C15H20BrN5. The van der Waals surface area contributed by atoms with Crippen LogP contribution in [0.25, 0.3) is 5.65 Å². The van der Waals surface area contributed by atoms with Crippen molar-refractivity contribution in [1.29, 1.82) is 0 Å². The summed E-state index contributed by atoms with van der Waals surface area (Å²) in [5, 5.41) is 8.31. The minimum Gasteiger partial charge on any atom is -0.335 e. The van der Waals surface area contributed by atoms with Gasteiger partial charge in [-0.2, -0.15) is 4.98 Å². The van der Waals surface area contributed by atoms with Crippen molar-refractivity contribution in [2.24, 2.45) is 0 Å². The minimum absolute atomic E-state index is 0.581. The maximum absolute atomic E-state index is 4.71. The van der Waals surface area contributed by atoms with E-state index in [1.165, 1.54) is 32.1 Å². The van der Waals surface area contributed by atoms with Crippen LogP contribution >= 0.6 is 15.9 Å². The molecule has 0 bridgehead atoms. The van der Waals surface area contributed by atoms with Crippen LogP contribution in [0.2, 0.25) is 0 Å². The average molecular weight is 350 g/mol. The average Bonchev–Trinajstić information content (AvgIpc) is 3.25. The fourth-order valence-corrected chi connectivity index (χ4v) is 3.39. The lowest BCUT2D eigenvalue weighted by Gasteiger charge is -2.30. The second-order valence-electron chi connectivity index (χ2n) is 6.09. The van der Waals surface area contributed by atoms with E-state index in [0.29, 0.717) is 12.1 Å². The van der Waals surface area contributed by atoms with Gasteiger partial charge in [0.05, 0.1) is 0 Å². The number of halogens is 1. The lowest BCUT2D eigenvalue weighted by Crippen LogP contribution is -2.45. The van der Waals surface area contributed by atoms with Crippen LogP contribution in [0, 0.1) is 0 Å². The normalized spacial score (nSPS) is 22.6. The molecule has 0 amide bonds. The van der Waals surface area contributed by atoms with E-state index < -0.39 is 0 Å². The number of fused-ring (bicyclic) bond motifs is 1. The first-order chi connectivity index (χ1) is 10.3. The number of nitrogens with one attached hydrogen (secondary N) is 1. The fraction of sp³-hybridized carbons (Fsp3) is 0.600. The molecule has 2 aromatic rings. The predicted molar refractivity (Wildman–Crippen MR) is 86.7 cm³/mol. The lowest BCUT2D eigenvalue weighted by atomic mass is 10.0. The molecule has 1 atom stereocenters. The topological polar surface area (TPSA) is 45.5 Å². The van der Waals surface area contributed by atoms with Crippen molar-refractivity contribution in [2.45, 2.75) is 44.2 Å². The van der Waals surface area contributed by atoms with E-state index in [-0.39, 0.29) is 0 Å². The zero-order chi connectivity index (χ0) is 14.2. The quantitative estimate of drug-likeness (QED) is 0.921. The van der Waals surface area contributed by atoms with Gasteiger partial charge in [-0.25, -0.2) is 4.52 Å². The molecule has 0 radical (unpaired) electrons. The van der Waals surface area contributed by atoms with E-state index in [1.54, 1.807) is 0 Å². The van der Waals surface area contributed by atoms with Crippen LogP contribution in [-0.4, -0.2) is 39.8 Å². The second-order valence-corrected chi connectivity index (χ2v) is 7.01. The molecular weight excluding hydrogens is 330 g/mol. The molecule has 112 valence electrons. The Morgan fingerprint density at radius 1 is 1.29 bits per heavy atom. The Balaban J connectivity index is 1.59. The summed E-state index contributed by atoms with van der Waals surface area (Å²) in [6.07, 6.45) is 8.41. The summed E-state index contributed by atoms with van der Waals surface area (Å²) in [6.45, 7) is 2.18. The van der Waals surface area contributed by atoms with Crippen molar-refractivity contribution in [3.8, 4) is 0 Å². The van der Waals surface area contributed by atoms with E-state index >= 15 is 0 Å². The zero-order valence-electron chi connectivity index (χ0n) is 12.0. The maximum Gasteiger partial charge on any atom is 0.245 e. The van der Waals surface area contributed by atoms with Crippen molar-refractivity contribution in [1.82, 2.24) is 19.9 Å². The van der Waals surface area contributed by atoms with Gasteiger partial charge in [0.15, 0.2) is 5.65 Å². The third kappa shape index (κ3) is 2.92. The van der Waals surface area contributed by atoms with E-state index in [0.717, 1.165) is 29.2 Å². The van der Waals surface area contributed by atoms with E-state index in [4.69, 9.17) is 4.98 Å². The Hall–Kier alpha value is -1.14. The molecule has 21 heavy (non-hydrogen) atoms. The highest BCUT2D eigenvalue weighted by atomic mass is 79.9. The van der Waals surface area contributed by atoms with Gasteiger partial charge in [-0.15, -0.1) is 5.10 Å². The number of hydrogen-bond donors (Lipinski definition) is 1. The SMILES string of the molecule is Brc1ccc2nc(N(CC3CCCCN3)C3CC3)nn2c1. The molecule has 6 heteroatoms. The summed E-state index contributed by atoms with van der Waals surface area (Å²) < 4.78 is 2.89. The predicted octanol–water partition coefficient (Wildman–Crippen LogP) is 2.60. The van der Waals surface area contributed by atoms with E-state index in [2.05, 4.69) is 31.2 Å². The Kier molecular flexibility index (Phi) is 3.59. The molecule has 1 unspecified atom stereocenters. The van der Waals surface area contributed by atoms with Gasteiger partial charge in [0, 0.05) is 29.3 Å². The summed E-state index contributed by atoms with van der Waals surface area (Å²) in [6, 6.07) is 5.23. The molecule has 1 aliphatic heterocycles. The summed E-state index contributed by atoms with van der Waals surface area (Å²) in [7, 11) is 0. The van der Waals surface area contributed by atoms with Crippen LogP contribution < -0.4 is 10.2 Å². The lowest BCUT2D eigenvalue weighted by molar-refractivity contribution is 0.397. The number of piperidine rings is 1. The number of anilines is 1. The molecule has 4 rings (SSSR count). The smallest absolute Gasteiger partial charge is 0.245 e. The van der Waals surface area contributed by atoms with Crippen LogP contribution in [-0.2, 0) is 0 Å². The Labute approximate surface area is 132 Å². The Morgan fingerprint density at radius 2 is 2.19 bits per heavy atom. The standard InChI is InChI=1S/C15H20BrN5/c16-11-4-7-14-18-15(19-21(14)9-11)20(13-5-6-13)10-12-3-1-2-8-17-12/h4,7,9,12-13,17H,1-3,5-6,8,10H2. The minimum atomic E-state index is 0.581. The first-order valence-electron chi connectivity index (χ1n) is 7.81. The zero-order valence-corrected chi connectivity index (χ0v) is 13.6. The summed E-state index contributed by atoms with van der Waals surface area (Å²) in [4.78, 5) is 7.12. The summed E-state index contributed by atoms with van der Waals surface area (Å²) >= 11 is 3.49. The van der Waals surface area contributed by atoms with Crippen LogP contribution in [0.15, 0.2) is 22.8 Å². The molecule has 1 N–H and O–H groups in total. The largest absolute Gasteiger partial charge is 0.335 e. The number of nitrogens with zero attached hydrogens (tertiary/aromatic N) is 4. The van der Waals surface area contributed by atoms with Gasteiger partial charge < -0.3 is 10.2 Å². The van der Waals surface area contributed by atoms with Gasteiger partial charge >= 0.3 is 0 Å². The molecule has 3 heterocycles. The number of rotatable bonds is 4. The molecule has 0 aromatic carbocycles. The molecule has 1 saturated carbocycles. The first-order valence-corrected chi connectivity index (χ1v) is 8.61. The molecule has 5 nitrogen and oxygen atoms in total. The third-order valence-corrected chi connectivity index (χ3v) is 4.83. The Morgan fingerprint density at radius 3 is 2.95 bits per heavy atom. The van der Waals surface area contributed by atoms with Crippen LogP contribution in [0.1, 0.15) is 32.1 Å². The van der Waals surface area contributed by atoms with Gasteiger partial charge in [-0.3, -0.25) is 0 Å². The molecule has 0 spiro atoms. The van der Waals surface area contributed by atoms with Crippen molar-refractivity contribution in [3.05, 3.63) is 22.8 Å². The van der Waals surface area contributed by atoms with Crippen molar-refractivity contribution in [3.63, 3.8) is 0 Å². The van der Waals surface area contributed by atoms with Crippen molar-refractivity contribution >= 4 is 27.5 Å². The third-order valence-electron chi connectivity index (χ3n) is 4.36. The molecule has 1 saturated heterocycles. The van der Waals surface area contributed by atoms with Crippen LogP contribution in [0.5, 0.6) is 0 Å². The summed E-state index contributed by atoms with van der Waals surface area (Å²) in [5.74, 6) is 0.878. The highest BCUT2D eigenvalue weighted by molar-refractivity contribution is 9.10. The number of aromatic nitrogens is 3. The van der Waals surface area contributed by atoms with E-state index in [1.807, 2.05) is 22.8 Å². The number of pyridine rings is 1. The number of hydrogen-bond acceptors (Lipinski definition) is 4. The monoisotopic (exact) mass is 349 g/mol. The molecule has 2 aromatic heterocycles. The van der Waals surface area contributed by atoms with Crippen LogP contribution in [0.4, 0.5) is 5.95 Å². The highest BCUT2D eigenvalue weighted by Gasteiger charge is 2.33. The second kappa shape index (κ2) is 5.57. The maximum atomic E-state index is 4.71. The fourth-order valence-electron chi connectivity index (χ4n) is 3.07. The van der Waals surface area contributed by atoms with Gasteiger partial charge in [0.25, 0.3) is 0 Å².